The minimum absolute atomic E-state index is 0.00348. The number of esters is 1. The first-order valence-electron chi connectivity index (χ1n) is 33.2. The zero-order valence-electron chi connectivity index (χ0n) is 49.8. The van der Waals surface area contributed by atoms with Crippen LogP contribution in [0.3, 0.4) is 0 Å². The fourth-order valence-corrected chi connectivity index (χ4v) is 10.3. The second kappa shape index (κ2) is 63.6. The Balaban J connectivity index is 3.41. The van der Waals surface area contributed by atoms with Crippen molar-refractivity contribution in [2.75, 3.05) is 13.2 Å². The van der Waals surface area contributed by atoms with Gasteiger partial charge in [-0.15, -0.1) is 0 Å². The predicted molar refractivity (Wildman–Crippen MR) is 324 cm³/mol. The van der Waals surface area contributed by atoms with E-state index >= 15 is 0 Å². The summed E-state index contributed by atoms with van der Waals surface area (Å²) < 4.78 is 5.49. The molecule has 0 aromatic carbocycles. The minimum Gasteiger partial charge on any atom is -0.466 e. The van der Waals surface area contributed by atoms with Crippen LogP contribution >= 0.6 is 0 Å². The predicted octanol–water partition coefficient (Wildman–Crippen LogP) is 21.1. The van der Waals surface area contributed by atoms with Gasteiger partial charge in [-0.3, -0.25) is 9.59 Å². The maximum atomic E-state index is 12.5. The number of unbranched alkanes of at least 4 members (excludes halogenated alkanes) is 45. The van der Waals surface area contributed by atoms with Crippen molar-refractivity contribution in [3.8, 4) is 0 Å². The van der Waals surface area contributed by atoms with Gasteiger partial charge in [0.2, 0.25) is 5.91 Å². The van der Waals surface area contributed by atoms with E-state index in [0.717, 1.165) is 51.4 Å². The van der Waals surface area contributed by atoms with E-state index in [-0.39, 0.29) is 18.5 Å². The highest BCUT2D eigenvalue weighted by Gasteiger charge is 2.20. The molecule has 2 unspecified atom stereocenters. The Kier molecular flexibility index (Phi) is 62.0. The summed E-state index contributed by atoms with van der Waals surface area (Å²) in [5, 5.41) is 23.3. The van der Waals surface area contributed by atoms with Gasteiger partial charge in [-0.05, 0) is 83.5 Å². The Morgan fingerprint density at radius 3 is 1.04 bits per heavy atom. The molecule has 0 bridgehead atoms. The van der Waals surface area contributed by atoms with Gasteiger partial charge in [0.1, 0.15) is 0 Å². The Morgan fingerprint density at radius 1 is 0.378 bits per heavy atom. The van der Waals surface area contributed by atoms with Crippen LogP contribution in [0.2, 0.25) is 0 Å². The van der Waals surface area contributed by atoms with Gasteiger partial charge < -0.3 is 20.3 Å². The highest BCUT2D eigenvalue weighted by Crippen LogP contribution is 2.18. The van der Waals surface area contributed by atoms with Crippen molar-refractivity contribution in [3.05, 3.63) is 36.5 Å². The monoisotopic (exact) mass is 1040 g/mol. The van der Waals surface area contributed by atoms with Gasteiger partial charge in [0, 0.05) is 12.8 Å². The van der Waals surface area contributed by atoms with Gasteiger partial charge in [-0.2, -0.15) is 0 Å². The number of hydrogen-bond donors (Lipinski definition) is 3. The van der Waals surface area contributed by atoms with Gasteiger partial charge in [-0.1, -0.05) is 301 Å². The van der Waals surface area contributed by atoms with E-state index in [1.807, 2.05) is 0 Å². The number of aliphatic hydroxyl groups is 2. The number of rotatable bonds is 62. The van der Waals surface area contributed by atoms with E-state index in [2.05, 4.69) is 55.6 Å². The number of nitrogens with one attached hydrogen (secondary N) is 1. The molecule has 6 nitrogen and oxygen atoms in total. The van der Waals surface area contributed by atoms with Crippen molar-refractivity contribution >= 4 is 11.9 Å². The van der Waals surface area contributed by atoms with E-state index in [9.17, 15) is 19.8 Å². The molecule has 74 heavy (non-hydrogen) atoms. The molecule has 0 rings (SSSR count). The van der Waals surface area contributed by atoms with Gasteiger partial charge in [0.25, 0.3) is 0 Å². The van der Waals surface area contributed by atoms with E-state index < -0.39 is 12.1 Å². The molecule has 6 heteroatoms. The van der Waals surface area contributed by atoms with E-state index in [4.69, 9.17) is 4.74 Å². The summed E-state index contributed by atoms with van der Waals surface area (Å²) >= 11 is 0. The molecular weight excluding hydrogens is 911 g/mol. The molecule has 0 spiro atoms. The number of carbonyl (C=O) groups excluding carboxylic acids is 2. The molecule has 0 heterocycles. The Labute approximate surface area is 462 Å². The Bertz CT molecular complexity index is 1200. The average molecular weight is 1040 g/mol. The van der Waals surface area contributed by atoms with Crippen molar-refractivity contribution in [1.82, 2.24) is 5.32 Å². The first-order valence-corrected chi connectivity index (χ1v) is 33.2. The first-order chi connectivity index (χ1) is 36.5. The van der Waals surface area contributed by atoms with Crippen LogP contribution in [0.15, 0.2) is 36.5 Å². The second-order valence-electron chi connectivity index (χ2n) is 22.8. The van der Waals surface area contributed by atoms with Crippen LogP contribution in [0, 0.1) is 0 Å². The molecule has 1 amide bonds. The van der Waals surface area contributed by atoms with Crippen molar-refractivity contribution in [2.24, 2.45) is 0 Å². The molecule has 0 saturated heterocycles. The van der Waals surface area contributed by atoms with Crippen LogP contribution in [0.5, 0.6) is 0 Å². The summed E-state index contributed by atoms with van der Waals surface area (Å²) in [7, 11) is 0. The zero-order chi connectivity index (χ0) is 53.6. The first kappa shape index (κ1) is 72.1. The van der Waals surface area contributed by atoms with Crippen molar-refractivity contribution in [1.29, 1.82) is 0 Å². The molecule has 0 aliphatic heterocycles. The quantitative estimate of drug-likeness (QED) is 0.0320. The van der Waals surface area contributed by atoms with Crippen molar-refractivity contribution in [3.63, 3.8) is 0 Å². The molecule has 0 radical (unpaired) electrons. The van der Waals surface area contributed by atoms with Gasteiger partial charge >= 0.3 is 5.97 Å². The van der Waals surface area contributed by atoms with Crippen LogP contribution in [0.1, 0.15) is 361 Å². The highest BCUT2D eigenvalue weighted by atomic mass is 16.5. The number of ether oxygens (including phenoxy) is 1. The smallest absolute Gasteiger partial charge is 0.305 e. The van der Waals surface area contributed by atoms with Crippen LogP contribution < -0.4 is 5.32 Å². The van der Waals surface area contributed by atoms with Crippen LogP contribution in [-0.4, -0.2) is 47.4 Å². The SMILES string of the molecule is CCCCCCCCC/C=C\CCCCCCCC(=O)OCCCCCCCCCCC/C=C\C/C=C\CCCCCCCCCCCCCC(=O)NC(CO)C(O)CCCCCCCCCCCCCCCC. The molecule has 436 valence electrons. The standard InChI is InChI=1S/C68H129NO5/c1-3-5-7-9-11-13-15-17-19-34-38-42-46-50-54-58-62-68(73)74-63-59-55-51-47-43-39-35-32-30-28-26-24-22-20-21-23-25-27-29-31-33-37-41-45-49-53-57-61-67(72)69-65(64-70)66(71)60-56-52-48-44-40-36-18-16-14-12-10-8-6-4-2/h19-21,24,26,34,65-66,70-71H,3-18,22-23,25,27-33,35-64H2,1-2H3,(H,69,72)/b21-20-,26-24-,34-19-. The lowest BCUT2D eigenvalue weighted by Crippen LogP contribution is -2.45. The highest BCUT2D eigenvalue weighted by molar-refractivity contribution is 5.76. The number of aliphatic hydroxyl groups excluding tert-OH is 2. The summed E-state index contributed by atoms with van der Waals surface area (Å²) in [5.74, 6) is -0.0333. The minimum atomic E-state index is -0.666. The van der Waals surface area contributed by atoms with E-state index in [1.165, 1.54) is 276 Å². The third kappa shape index (κ3) is 59.3. The molecule has 0 aliphatic carbocycles. The summed E-state index contributed by atoms with van der Waals surface area (Å²) in [6.07, 6.45) is 80.3. The fourth-order valence-electron chi connectivity index (χ4n) is 10.3. The molecule has 0 aromatic heterocycles. The number of allylic oxidation sites excluding steroid dienone is 6. The van der Waals surface area contributed by atoms with Crippen LogP contribution in [0.4, 0.5) is 0 Å². The second-order valence-corrected chi connectivity index (χ2v) is 22.8. The molecule has 0 saturated carbocycles. The summed E-state index contributed by atoms with van der Waals surface area (Å²) in [6.45, 7) is 4.96. The number of amides is 1. The summed E-state index contributed by atoms with van der Waals surface area (Å²) in [6, 6.07) is -0.544. The van der Waals surface area contributed by atoms with Gasteiger partial charge in [-0.25, -0.2) is 0 Å². The van der Waals surface area contributed by atoms with Crippen LogP contribution in [0.25, 0.3) is 0 Å². The van der Waals surface area contributed by atoms with Crippen molar-refractivity contribution < 1.29 is 24.5 Å². The van der Waals surface area contributed by atoms with Crippen molar-refractivity contribution in [2.45, 2.75) is 373 Å². The molecule has 0 fully saturated rings. The number of carbonyl (C=O) groups is 2. The molecule has 0 aromatic rings. The Morgan fingerprint density at radius 2 is 0.676 bits per heavy atom. The van der Waals surface area contributed by atoms with Crippen LogP contribution in [-0.2, 0) is 14.3 Å². The third-order valence-corrected chi connectivity index (χ3v) is 15.4. The zero-order valence-corrected chi connectivity index (χ0v) is 49.8. The topological polar surface area (TPSA) is 95.9 Å². The maximum absolute atomic E-state index is 12.5. The molecule has 3 N–H and O–H groups in total. The molecule has 2 atom stereocenters. The number of hydrogen-bond acceptors (Lipinski definition) is 5. The largest absolute Gasteiger partial charge is 0.466 e. The molecule has 0 aliphatic rings. The average Bonchev–Trinajstić information content (AvgIpc) is 3.40. The lowest BCUT2D eigenvalue weighted by Gasteiger charge is -2.22. The van der Waals surface area contributed by atoms with Gasteiger partial charge in [0.05, 0.1) is 25.4 Å². The van der Waals surface area contributed by atoms with Gasteiger partial charge in [0.15, 0.2) is 0 Å². The van der Waals surface area contributed by atoms with E-state index in [1.54, 1.807) is 0 Å². The lowest BCUT2D eigenvalue weighted by atomic mass is 10.0. The molecular formula is C68H129NO5. The fraction of sp³-hybridized carbons (Fsp3) is 0.882. The lowest BCUT2D eigenvalue weighted by molar-refractivity contribution is -0.143. The Hall–Kier alpha value is -1.92. The van der Waals surface area contributed by atoms with E-state index in [0.29, 0.717) is 25.9 Å². The summed E-state index contributed by atoms with van der Waals surface area (Å²) in [5.41, 5.74) is 0. The maximum Gasteiger partial charge on any atom is 0.305 e. The normalized spacial score (nSPS) is 12.8. The third-order valence-electron chi connectivity index (χ3n) is 15.4. The summed E-state index contributed by atoms with van der Waals surface area (Å²) in [4.78, 5) is 24.6.